The molecule has 36 heavy (non-hydrogen) atoms. The number of piperidine rings is 1. The van der Waals surface area contributed by atoms with Gasteiger partial charge in [-0.2, -0.15) is 0 Å². The Bertz CT molecular complexity index is 1110. The molecule has 3 aromatic rings. The van der Waals surface area contributed by atoms with Gasteiger partial charge in [0.2, 0.25) is 11.7 Å². The van der Waals surface area contributed by atoms with E-state index in [0.717, 1.165) is 55.6 Å². The number of pyridine rings is 1. The van der Waals surface area contributed by atoms with Crippen LogP contribution in [0.1, 0.15) is 19.8 Å². The van der Waals surface area contributed by atoms with Crippen molar-refractivity contribution in [1.29, 1.82) is 0 Å². The third-order valence-corrected chi connectivity index (χ3v) is 5.33. The minimum atomic E-state index is -0.833. The summed E-state index contributed by atoms with van der Waals surface area (Å²) < 4.78 is 16.2. The number of anilines is 3. The minimum Gasteiger partial charge on any atom is -0.493 e. The molecular weight excluding hydrogens is 464 g/mol. The fourth-order valence-corrected chi connectivity index (χ4v) is 3.67. The summed E-state index contributed by atoms with van der Waals surface area (Å²) in [6.45, 7) is 3.16. The van der Waals surface area contributed by atoms with E-state index in [9.17, 15) is 0 Å². The maximum atomic E-state index is 9.00. The quantitative estimate of drug-likeness (QED) is 0.364. The first-order valence-corrected chi connectivity index (χ1v) is 11.5. The summed E-state index contributed by atoms with van der Waals surface area (Å²) in [5.41, 5.74) is 2.41. The van der Waals surface area contributed by atoms with Gasteiger partial charge >= 0.3 is 0 Å². The molecule has 0 atom stereocenters. The van der Waals surface area contributed by atoms with Crippen molar-refractivity contribution in [3.05, 3.63) is 42.7 Å². The Kier molecular flexibility index (Phi) is 9.64. The first kappa shape index (κ1) is 26.5. The first-order valence-electron chi connectivity index (χ1n) is 11.5. The molecule has 0 unspecified atom stereocenters. The number of carbonyl (C=O) groups is 1. The summed E-state index contributed by atoms with van der Waals surface area (Å²) in [4.78, 5) is 22.5. The van der Waals surface area contributed by atoms with E-state index in [1.165, 1.54) is 0 Å². The largest absolute Gasteiger partial charge is 0.493 e. The molecule has 1 aromatic carbocycles. The molecule has 1 fully saturated rings. The smallest absolute Gasteiger partial charge is 0.300 e. The lowest BCUT2D eigenvalue weighted by Crippen LogP contribution is -2.35. The van der Waals surface area contributed by atoms with Gasteiger partial charge in [0.15, 0.2) is 11.5 Å². The maximum Gasteiger partial charge on any atom is 0.300 e. The highest BCUT2D eigenvalue weighted by Crippen LogP contribution is 2.40. The lowest BCUT2D eigenvalue weighted by Gasteiger charge is -2.24. The van der Waals surface area contributed by atoms with Crippen LogP contribution in [0, 0.1) is 0 Å². The number of hydrogen-bond acceptors (Lipinski definition) is 10. The van der Waals surface area contributed by atoms with Crippen molar-refractivity contribution in [2.75, 3.05) is 45.1 Å². The van der Waals surface area contributed by atoms with E-state index in [1.807, 2.05) is 24.4 Å². The highest BCUT2D eigenvalue weighted by molar-refractivity contribution is 5.67. The standard InChI is InChI=1S/C23H28N6O3.C2H4O2/c1-30-19-12-17(13-20(31-2)22(19)32-3)28-23-25-11-8-18(29-23)15-4-5-21(26-14-15)27-16-6-9-24-10-7-16;1-2(3)4/h4-5,8,11-14,16,24H,6-7,9-10H2,1-3H3,(H,26,27)(H,25,28,29);1H3,(H,3,4). The maximum absolute atomic E-state index is 9.00. The van der Waals surface area contributed by atoms with E-state index in [-0.39, 0.29) is 0 Å². The molecule has 0 bridgehead atoms. The predicted molar refractivity (Wildman–Crippen MR) is 137 cm³/mol. The molecule has 192 valence electrons. The summed E-state index contributed by atoms with van der Waals surface area (Å²) in [5.74, 6) is 2.12. The van der Waals surface area contributed by atoms with Gasteiger partial charge in [0.25, 0.3) is 5.97 Å². The second kappa shape index (κ2) is 13.1. The minimum absolute atomic E-state index is 0.452. The molecule has 3 heterocycles. The molecule has 11 heteroatoms. The number of aromatic nitrogens is 3. The molecule has 0 radical (unpaired) electrons. The number of rotatable bonds is 8. The normalized spacial score (nSPS) is 13.1. The van der Waals surface area contributed by atoms with Gasteiger partial charge in [-0.05, 0) is 44.1 Å². The summed E-state index contributed by atoms with van der Waals surface area (Å²) in [7, 11) is 4.73. The number of carboxylic acid groups (broad SMARTS) is 1. The molecule has 1 aliphatic rings. The Balaban J connectivity index is 0.000000840. The van der Waals surface area contributed by atoms with Gasteiger partial charge in [0, 0.05) is 48.7 Å². The van der Waals surface area contributed by atoms with Crippen molar-refractivity contribution in [1.82, 2.24) is 20.3 Å². The van der Waals surface area contributed by atoms with Crippen LogP contribution in [-0.4, -0.2) is 66.5 Å². The highest BCUT2D eigenvalue weighted by atomic mass is 16.5. The van der Waals surface area contributed by atoms with Crippen molar-refractivity contribution in [3.8, 4) is 28.5 Å². The number of nitrogens with zero attached hydrogens (tertiary/aromatic N) is 3. The van der Waals surface area contributed by atoms with E-state index in [4.69, 9.17) is 24.1 Å². The van der Waals surface area contributed by atoms with Crippen molar-refractivity contribution in [2.45, 2.75) is 25.8 Å². The van der Waals surface area contributed by atoms with E-state index >= 15 is 0 Å². The molecule has 11 nitrogen and oxygen atoms in total. The zero-order valence-corrected chi connectivity index (χ0v) is 20.9. The first-order chi connectivity index (χ1) is 17.4. The second-order valence-corrected chi connectivity index (χ2v) is 7.92. The highest BCUT2D eigenvalue weighted by Gasteiger charge is 2.15. The second-order valence-electron chi connectivity index (χ2n) is 7.92. The van der Waals surface area contributed by atoms with Crippen molar-refractivity contribution >= 4 is 23.4 Å². The van der Waals surface area contributed by atoms with E-state index < -0.39 is 5.97 Å². The third kappa shape index (κ3) is 7.44. The van der Waals surface area contributed by atoms with E-state index in [0.29, 0.717) is 29.2 Å². The van der Waals surface area contributed by atoms with E-state index in [2.05, 4.69) is 30.9 Å². The lowest BCUT2D eigenvalue weighted by molar-refractivity contribution is -0.134. The van der Waals surface area contributed by atoms with Crippen LogP contribution in [-0.2, 0) is 4.79 Å². The molecule has 0 amide bonds. The zero-order chi connectivity index (χ0) is 25.9. The Morgan fingerprint density at radius 2 is 1.69 bits per heavy atom. The number of methoxy groups -OCH3 is 3. The summed E-state index contributed by atoms with van der Waals surface area (Å²) in [6, 6.07) is 9.94. The fraction of sp³-hybridized carbons (Fsp3) is 0.360. The van der Waals surface area contributed by atoms with Crippen LogP contribution in [0.3, 0.4) is 0 Å². The van der Waals surface area contributed by atoms with Crippen LogP contribution in [0.4, 0.5) is 17.5 Å². The average Bonchev–Trinajstić information content (AvgIpc) is 2.89. The zero-order valence-electron chi connectivity index (χ0n) is 20.9. The summed E-state index contributed by atoms with van der Waals surface area (Å²) in [6.07, 6.45) is 5.75. The van der Waals surface area contributed by atoms with Gasteiger partial charge in [-0.1, -0.05) is 0 Å². The molecule has 1 aliphatic heterocycles. The SMILES string of the molecule is CC(=O)O.COc1cc(Nc2nccc(-c3ccc(NC4CCNCC4)nc3)n2)cc(OC)c1OC. The van der Waals surface area contributed by atoms with Crippen LogP contribution < -0.4 is 30.2 Å². The molecule has 2 aromatic heterocycles. The molecule has 0 spiro atoms. The van der Waals surface area contributed by atoms with Crippen molar-refractivity contribution < 1.29 is 24.1 Å². The van der Waals surface area contributed by atoms with Crippen LogP contribution in [0.2, 0.25) is 0 Å². The Morgan fingerprint density at radius 1 is 1.03 bits per heavy atom. The van der Waals surface area contributed by atoms with Gasteiger partial charge in [0.05, 0.1) is 27.0 Å². The average molecular weight is 497 g/mol. The molecular formula is C25H32N6O5. The van der Waals surface area contributed by atoms with Crippen LogP contribution in [0.5, 0.6) is 17.2 Å². The summed E-state index contributed by atoms with van der Waals surface area (Å²) >= 11 is 0. The monoisotopic (exact) mass is 496 g/mol. The van der Waals surface area contributed by atoms with Gasteiger partial charge in [-0.25, -0.2) is 15.0 Å². The molecule has 0 saturated carbocycles. The van der Waals surface area contributed by atoms with Crippen molar-refractivity contribution in [3.63, 3.8) is 0 Å². The Labute approximate surface area is 210 Å². The van der Waals surface area contributed by atoms with E-state index in [1.54, 1.807) is 39.7 Å². The predicted octanol–water partition coefficient (Wildman–Crippen LogP) is 3.56. The number of aliphatic carboxylic acids is 1. The molecule has 4 N–H and O–H groups in total. The molecule has 1 saturated heterocycles. The molecule has 4 rings (SSSR count). The topological polar surface area (TPSA) is 140 Å². The number of carboxylic acids is 1. The van der Waals surface area contributed by atoms with Crippen LogP contribution >= 0.6 is 0 Å². The van der Waals surface area contributed by atoms with Gasteiger partial charge < -0.3 is 35.3 Å². The molecule has 0 aliphatic carbocycles. The van der Waals surface area contributed by atoms with Gasteiger partial charge in [0.1, 0.15) is 5.82 Å². The number of ether oxygens (including phenoxy) is 3. The summed E-state index contributed by atoms with van der Waals surface area (Å²) in [5, 5.41) is 17.5. The lowest BCUT2D eigenvalue weighted by atomic mass is 10.1. The number of hydrogen-bond donors (Lipinski definition) is 4. The van der Waals surface area contributed by atoms with Crippen LogP contribution in [0.15, 0.2) is 42.7 Å². The van der Waals surface area contributed by atoms with Crippen molar-refractivity contribution in [2.24, 2.45) is 0 Å². The van der Waals surface area contributed by atoms with Crippen LogP contribution in [0.25, 0.3) is 11.3 Å². The van der Waals surface area contributed by atoms with Gasteiger partial charge in [-0.3, -0.25) is 4.79 Å². The Hall–Kier alpha value is -4.12. The van der Waals surface area contributed by atoms with Gasteiger partial charge in [-0.15, -0.1) is 0 Å². The third-order valence-electron chi connectivity index (χ3n) is 5.33. The fourth-order valence-electron chi connectivity index (χ4n) is 3.67. The Morgan fingerprint density at radius 3 is 2.25 bits per heavy atom. The number of benzene rings is 1. The number of nitrogens with one attached hydrogen (secondary N) is 3.